The van der Waals surface area contributed by atoms with Crippen molar-refractivity contribution in [2.24, 2.45) is 4.99 Å². The lowest BCUT2D eigenvalue weighted by Crippen LogP contribution is -2.20. The molecule has 1 unspecified atom stereocenters. The average molecular weight is 151 g/mol. The zero-order chi connectivity index (χ0) is 8.32. The molecule has 0 N–H and O–H groups in total. The fourth-order valence-corrected chi connectivity index (χ4v) is 1.02. The van der Waals surface area contributed by atoms with Crippen molar-refractivity contribution in [1.82, 2.24) is 0 Å². The summed E-state index contributed by atoms with van der Waals surface area (Å²) in [5.74, 6) is 0. The molecule has 0 bridgehead atoms. The molecule has 2 heteroatoms. The molecule has 1 atom stereocenters. The van der Waals surface area contributed by atoms with Crippen molar-refractivity contribution in [3.05, 3.63) is 23.9 Å². The lowest BCUT2D eigenvalue weighted by atomic mass is 10.0. The van der Waals surface area contributed by atoms with Gasteiger partial charge in [0, 0.05) is 19.5 Å². The van der Waals surface area contributed by atoms with Gasteiger partial charge >= 0.3 is 0 Å². The molecule has 2 nitrogen and oxygen atoms in total. The van der Waals surface area contributed by atoms with E-state index < -0.39 is 0 Å². The monoisotopic (exact) mass is 151 g/mol. The van der Waals surface area contributed by atoms with Crippen LogP contribution < -0.4 is 0 Å². The standard InChI is InChI=1S/C9H13NO/c1-8-6-9(2,11-3)4-5-10-7-8/h4-7H,1-3H3. The maximum atomic E-state index is 5.29. The number of allylic oxidation sites excluding steroid dienone is 1. The Hall–Kier alpha value is -0.890. The van der Waals surface area contributed by atoms with Gasteiger partial charge in [0.1, 0.15) is 5.60 Å². The van der Waals surface area contributed by atoms with Crippen LogP contribution in [-0.2, 0) is 4.74 Å². The normalized spacial score (nSPS) is 29.9. The molecule has 0 aliphatic carbocycles. The van der Waals surface area contributed by atoms with Gasteiger partial charge in [-0.05, 0) is 31.6 Å². The summed E-state index contributed by atoms with van der Waals surface area (Å²) in [4.78, 5) is 4.04. The number of nitrogens with zero attached hydrogens (tertiary/aromatic N) is 1. The van der Waals surface area contributed by atoms with Crippen LogP contribution in [-0.4, -0.2) is 18.9 Å². The molecule has 0 saturated heterocycles. The summed E-state index contributed by atoms with van der Waals surface area (Å²) >= 11 is 0. The molecule has 1 aliphatic rings. The van der Waals surface area contributed by atoms with Crippen LogP contribution in [0.25, 0.3) is 0 Å². The van der Waals surface area contributed by atoms with Gasteiger partial charge in [-0.25, -0.2) is 0 Å². The Bertz CT molecular complexity index is 228. The largest absolute Gasteiger partial charge is 0.370 e. The smallest absolute Gasteiger partial charge is 0.103 e. The number of ether oxygens (including phenoxy) is 1. The fourth-order valence-electron chi connectivity index (χ4n) is 1.02. The van der Waals surface area contributed by atoms with Crippen LogP contribution in [0.3, 0.4) is 0 Å². The van der Waals surface area contributed by atoms with E-state index in [0.29, 0.717) is 0 Å². The summed E-state index contributed by atoms with van der Waals surface area (Å²) in [6.45, 7) is 4.01. The molecule has 0 amide bonds. The van der Waals surface area contributed by atoms with Crippen LogP contribution in [0.5, 0.6) is 0 Å². The zero-order valence-corrected chi connectivity index (χ0v) is 7.16. The van der Waals surface area contributed by atoms with E-state index in [0.717, 1.165) is 5.57 Å². The summed E-state index contributed by atoms with van der Waals surface area (Å²) < 4.78 is 5.29. The van der Waals surface area contributed by atoms with E-state index in [1.54, 1.807) is 13.3 Å². The van der Waals surface area contributed by atoms with E-state index in [-0.39, 0.29) is 5.60 Å². The lowest BCUT2D eigenvalue weighted by Gasteiger charge is -2.19. The van der Waals surface area contributed by atoms with Crippen LogP contribution in [0.2, 0.25) is 0 Å². The molecule has 1 rings (SSSR count). The van der Waals surface area contributed by atoms with E-state index in [2.05, 4.69) is 4.99 Å². The van der Waals surface area contributed by atoms with Crippen molar-refractivity contribution in [2.45, 2.75) is 19.4 Å². The molecular weight excluding hydrogens is 138 g/mol. The Morgan fingerprint density at radius 2 is 2.27 bits per heavy atom. The summed E-state index contributed by atoms with van der Waals surface area (Å²) in [5.41, 5.74) is 0.833. The first kappa shape index (κ1) is 8.21. The minimum absolute atomic E-state index is 0.291. The Labute approximate surface area is 67.3 Å². The van der Waals surface area contributed by atoms with Crippen LogP contribution in [0.15, 0.2) is 28.9 Å². The van der Waals surface area contributed by atoms with Crippen LogP contribution >= 0.6 is 0 Å². The quantitative estimate of drug-likeness (QED) is 0.561. The lowest BCUT2D eigenvalue weighted by molar-refractivity contribution is 0.0903. The van der Waals surface area contributed by atoms with Crippen molar-refractivity contribution in [3.8, 4) is 0 Å². The van der Waals surface area contributed by atoms with Crippen LogP contribution in [0, 0.1) is 0 Å². The van der Waals surface area contributed by atoms with Gasteiger partial charge in [-0.2, -0.15) is 0 Å². The van der Waals surface area contributed by atoms with Gasteiger partial charge in [0.05, 0.1) is 0 Å². The third-order valence-electron chi connectivity index (χ3n) is 1.72. The highest BCUT2D eigenvalue weighted by molar-refractivity contribution is 5.79. The van der Waals surface area contributed by atoms with Gasteiger partial charge in [-0.1, -0.05) is 0 Å². The van der Waals surface area contributed by atoms with Gasteiger partial charge in [0.15, 0.2) is 0 Å². The third-order valence-corrected chi connectivity index (χ3v) is 1.72. The highest BCUT2D eigenvalue weighted by atomic mass is 16.5. The topological polar surface area (TPSA) is 21.6 Å². The Kier molecular flexibility index (Phi) is 2.25. The molecule has 0 aromatic carbocycles. The molecule has 60 valence electrons. The second-order valence-corrected chi connectivity index (χ2v) is 2.87. The van der Waals surface area contributed by atoms with Crippen molar-refractivity contribution in [1.29, 1.82) is 0 Å². The van der Waals surface area contributed by atoms with Crippen LogP contribution in [0.4, 0.5) is 0 Å². The number of methoxy groups -OCH3 is 1. The van der Waals surface area contributed by atoms with Gasteiger partial charge in [-0.3, -0.25) is 4.99 Å². The van der Waals surface area contributed by atoms with Gasteiger partial charge in [0.25, 0.3) is 0 Å². The number of rotatable bonds is 1. The molecule has 1 aliphatic heterocycles. The van der Waals surface area contributed by atoms with Crippen LogP contribution in [0.1, 0.15) is 13.8 Å². The number of hydrogen-bond acceptors (Lipinski definition) is 2. The SMILES string of the molecule is COC1(C)C=CN=CC(C)=C1. The molecule has 0 radical (unpaired) electrons. The first-order valence-corrected chi connectivity index (χ1v) is 3.62. The van der Waals surface area contributed by atoms with Crippen molar-refractivity contribution >= 4 is 6.21 Å². The Morgan fingerprint density at radius 1 is 1.55 bits per heavy atom. The van der Waals surface area contributed by atoms with E-state index >= 15 is 0 Å². The molecular formula is C9H13NO. The summed E-state index contributed by atoms with van der Waals surface area (Å²) in [5, 5.41) is 0. The van der Waals surface area contributed by atoms with Gasteiger partial charge < -0.3 is 4.74 Å². The summed E-state index contributed by atoms with van der Waals surface area (Å²) in [6.07, 6.45) is 7.55. The second kappa shape index (κ2) is 3.01. The third kappa shape index (κ3) is 2.02. The van der Waals surface area contributed by atoms with Gasteiger partial charge in [-0.15, -0.1) is 0 Å². The Balaban J connectivity index is 2.92. The highest BCUT2D eigenvalue weighted by Gasteiger charge is 2.16. The number of aliphatic imine (C=N–C) groups is 1. The molecule has 1 heterocycles. The summed E-state index contributed by atoms with van der Waals surface area (Å²) in [7, 11) is 1.69. The first-order chi connectivity index (χ1) is 5.16. The van der Waals surface area contributed by atoms with Crippen molar-refractivity contribution < 1.29 is 4.74 Å². The first-order valence-electron chi connectivity index (χ1n) is 3.62. The molecule has 0 aromatic heterocycles. The maximum absolute atomic E-state index is 5.29. The molecule has 0 saturated carbocycles. The molecule has 0 aromatic rings. The van der Waals surface area contributed by atoms with E-state index in [1.165, 1.54) is 0 Å². The second-order valence-electron chi connectivity index (χ2n) is 2.87. The summed E-state index contributed by atoms with van der Waals surface area (Å²) in [6, 6.07) is 0. The fraction of sp³-hybridized carbons (Fsp3) is 0.444. The zero-order valence-electron chi connectivity index (χ0n) is 7.16. The minimum Gasteiger partial charge on any atom is -0.370 e. The Morgan fingerprint density at radius 3 is 2.91 bits per heavy atom. The van der Waals surface area contributed by atoms with Gasteiger partial charge in [0.2, 0.25) is 0 Å². The minimum atomic E-state index is -0.291. The highest BCUT2D eigenvalue weighted by Crippen LogP contribution is 2.16. The number of hydrogen-bond donors (Lipinski definition) is 0. The molecule has 0 spiro atoms. The molecule has 0 fully saturated rings. The average Bonchev–Trinajstić information content (AvgIpc) is 2.13. The van der Waals surface area contributed by atoms with Crippen molar-refractivity contribution in [2.75, 3.05) is 7.11 Å². The maximum Gasteiger partial charge on any atom is 0.103 e. The predicted octanol–water partition coefficient (Wildman–Crippen LogP) is 1.94. The van der Waals surface area contributed by atoms with Crippen molar-refractivity contribution in [3.63, 3.8) is 0 Å². The molecule has 11 heavy (non-hydrogen) atoms. The van der Waals surface area contributed by atoms with E-state index in [9.17, 15) is 0 Å². The predicted molar refractivity (Wildman–Crippen MR) is 46.8 cm³/mol. The van der Waals surface area contributed by atoms with E-state index in [4.69, 9.17) is 4.74 Å². The van der Waals surface area contributed by atoms with E-state index in [1.807, 2.05) is 32.2 Å².